The third kappa shape index (κ3) is 7.02. The number of aryl methyl sites for hydroxylation is 1. The number of piperazine rings is 1. The van der Waals surface area contributed by atoms with E-state index in [9.17, 15) is 13.2 Å². The standard InChI is InChI=1S/C29H35N3O3S2/c1-23-13-15-26(16-14-23)37(34,35)30-27(17-22-36-2)29(33)32-20-18-31(19-21-32)28(24-9-5-3-6-10-24)25-11-7-4-8-12-25/h3-16,27-28,30H,17-22H2,1-2H3/t27-/m0/s1. The second-order valence-corrected chi connectivity index (χ2v) is 12.1. The Balaban J connectivity index is 1.47. The van der Waals surface area contributed by atoms with Crippen LogP contribution in [0, 0.1) is 6.92 Å². The fraction of sp³-hybridized carbons (Fsp3) is 0.345. The molecule has 1 atom stereocenters. The van der Waals surface area contributed by atoms with Crippen molar-refractivity contribution >= 4 is 27.7 Å². The highest BCUT2D eigenvalue weighted by atomic mass is 32.2. The van der Waals surface area contributed by atoms with Crippen molar-refractivity contribution in [2.24, 2.45) is 0 Å². The Hall–Kier alpha value is -2.65. The minimum atomic E-state index is -3.80. The average Bonchev–Trinajstić information content (AvgIpc) is 2.92. The lowest BCUT2D eigenvalue weighted by Gasteiger charge is -2.40. The Labute approximate surface area is 225 Å². The Morgan fingerprint density at radius 3 is 1.92 bits per heavy atom. The highest BCUT2D eigenvalue weighted by molar-refractivity contribution is 7.98. The lowest BCUT2D eigenvalue weighted by atomic mass is 9.96. The lowest BCUT2D eigenvalue weighted by Crippen LogP contribution is -2.55. The van der Waals surface area contributed by atoms with Crippen LogP contribution in [0.25, 0.3) is 0 Å². The number of sulfonamides is 1. The molecule has 1 saturated heterocycles. The van der Waals surface area contributed by atoms with Gasteiger partial charge in [0, 0.05) is 26.2 Å². The molecule has 1 N–H and O–H groups in total. The maximum absolute atomic E-state index is 13.6. The van der Waals surface area contributed by atoms with Gasteiger partial charge in [-0.2, -0.15) is 16.5 Å². The molecule has 3 aromatic rings. The van der Waals surface area contributed by atoms with Crippen LogP contribution in [0.4, 0.5) is 0 Å². The fourth-order valence-corrected chi connectivity index (χ4v) is 6.44. The summed E-state index contributed by atoms with van der Waals surface area (Å²) in [6, 6.07) is 26.9. The molecule has 8 heteroatoms. The van der Waals surface area contributed by atoms with Crippen molar-refractivity contribution in [3.05, 3.63) is 102 Å². The van der Waals surface area contributed by atoms with E-state index in [2.05, 4.69) is 58.2 Å². The van der Waals surface area contributed by atoms with Gasteiger partial charge in [0.25, 0.3) is 0 Å². The normalized spacial score (nSPS) is 15.6. The molecule has 1 fully saturated rings. The third-order valence-electron chi connectivity index (χ3n) is 6.76. The van der Waals surface area contributed by atoms with Crippen LogP contribution in [0.2, 0.25) is 0 Å². The van der Waals surface area contributed by atoms with Crippen LogP contribution in [-0.4, -0.2) is 68.4 Å². The zero-order valence-electron chi connectivity index (χ0n) is 21.4. The number of amides is 1. The Bertz CT molecular complexity index is 1210. The van der Waals surface area contributed by atoms with E-state index in [4.69, 9.17) is 0 Å². The smallest absolute Gasteiger partial charge is 0.241 e. The van der Waals surface area contributed by atoms with Crippen LogP contribution >= 0.6 is 11.8 Å². The molecule has 0 bridgehead atoms. The van der Waals surface area contributed by atoms with Gasteiger partial charge in [-0.1, -0.05) is 78.4 Å². The van der Waals surface area contributed by atoms with Gasteiger partial charge < -0.3 is 4.90 Å². The largest absolute Gasteiger partial charge is 0.339 e. The summed E-state index contributed by atoms with van der Waals surface area (Å²) in [5.41, 5.74) is 3.42. The summed E-state index contributed by atoms with van der Waals surface area (Å²) in [6.07, 6.45) is 2.41. The summed E-state index contributed by atoms with van der Waals surface area (Å²) in [5.74, 6) is 0.539. The molecule has 1 amide bonds. The van der Waals surface area contributed by atoms with E-state index in [-0.39, 0.29) is 16.8 Å². The van der Waals surface area contributed by atoms with Crippen LogP contribution in [0.1, 0.15) is 29.2 Å². The van der Waals surface area contributed by atoms with E-state index in [0.717, 1.165) is 5.56 Å². The van der Waals surface area contributed by atoms with Gasteiger partial charge in [-0.25, -0.2) is 8.42 Å². The van der Waals surface area contributed by atoms with Crippen molar-refractivity contribution in [2.75, 3.05) is 38.2 Å². The minimum absolute atomic E-state index is 0.104. The first-order valence-electron chi connectivity index (χ1n) is 12.6. The zero-order valence-corrected chi connectivity index (χ0v) is 23.0. The van der Waals surface area contributed by atoms with Crippen LogP contribution in [0.5, 0.6) is 0 Å². The van der Waals surface area contributed by atoms with Gasteiger partial charge in [-0.05, 0) is 48.6 Å². The van der Waals surface area contributed by atoms with E-state index in [1.807, 2.05) is 30.2 Å². The number of rotatable bonds is 10. The monoisotopic (exact) mass is 537 g/mol. The van der Waals surface area contributed by atoms with Crippen LogP contribution in [-0.2, 0) is 14.8 Å². The molecule has 196 valence electrons. The van der Waals surface area contributed by atoms with Gasteiger partial charge in [0.05, 0.1) is 10.9 Å². The zero-order chi connectivity index (χ0) is 26.3. The molecule has 1 heterocycles. The number of thioether (sulfide) groups is 1. The van der Waals surface area contributed by atoms with Gasteiger partial charge >= 0.3 is 0 Å². The summed E-state index contributed by atoms with van der Waals surface area (Å²) < 4.78 is 28.8. The van der Waals surface area contributed by atoms with Crippen molar-refractivity contribution in [2.45, 2.75) is 30.3 Å². The second kappa shape index (κ2) is 12.7. The highest BCUT2D eigenvalue weighted by Crippen LogP contribution is 2.29. The number of hydrogen-bond acceptors (Lipinski definition) is 5. The number of benzene rings is 3. The summed E-state index contributed by atoms with van der Waals surface area (Å²) in [6.45, 7) is 4.43. The molecule has 4 rings (SSSR count). The van der Waals surface area contributed by atoms with E-state index in [1.165, 1.54) is 11.1 Å². The van der Waals surface area contributed by atoms with E-state index in [1.54, 1.807) is 36.0 Å². The topological polar surface area (TPSA) is 69.7 Å². The van der Waals surface area contributed by atoms with E-state index in [0.29, 0.717) is 38.4 Å². The Kier molecular flexibility index (Phi) is 9.43. The van der Waals surface area contributed by atoms with Crippen LogP contribution in [0.15, 0.2) is 89.8 Å². The SMILES string of the molecule is CSCC[C@H](NS(=O)(=O)c1ccc(C)cc1)C(=O)N1CCN(C(c2ccccc2)c2ccccc2)CC1. The molecule has 0 saturated carbocycles. The second-order valence-electron chi connectivity index (χ2n) is 9.35. The predicted molar refractivity (Wildman–Crippen MR) is 151 cm³/mol. The summed E-state index contributed by atoms with van der Waals surface area (Å²) in [7, 11) is -3.80. The molecule has 0 spiro atoms. The quantitative estimate of drug-likeness (QED) is 0.417. The van der Waals surface area contributed by atoms with Gasteiger partial charge in [0.15, 0.2) is 0 Å². The first kappa shape index (κ1) is 27.4. The van der Waals surface area contributed by atoms with Gasteiger partial charge in [-0.15, -0.1) is 0 Å². The molecule has 1 aliphatic heterocycles. The molecule has 3 aromatic carbocycles. The number of carbonyl (C=O) groups excluding carboxylic acids is 1. The van der Waals surface area contributed by atoms with Gasteiger partial charge in [-0.3, -0.25) is 9.69 Å². The number of hydrogen-bond donors (Lipinski definition) is 1. The average molecular weight is 538 g/mol. The van der Waals surface area contributed by atoms with E-state index >= 15 is 0 Å². The first-order chi connectivity index (χ1) is 17.9. The predicted octanol–water partition coefficient (Wildman–Crippen LogP) is 4.33. The molecule has 1 aliphatic rings. The maximum atomic E-state index is 13.6. The van der Waals surface area contributed by atoms with Gasteiger partial charge in [0.2, 0.25) is 15.9 Å². The molecular formula is C29H35N3O3S2. The molecule has 0 radical (unpaired) electrons. The molecule has 0 unspecified atom stereocenters. The molecule has 0 aromatic heterocycles. The Morgan fingerprint density at radius 1 is 0.865 bits per heavy atom. The van der Waals surface area contributed by atoms with Crippen molar-refractivity contribution in [3.8, 4) is 0 Å². The van der Waals surface area contributed by atoms with Crippen LogP contribution < -0.4 is 4.72 Å². The Morgan fingerprint density at radius 2 is 1.41 bits per heavy atom. The molecular weight excluding hydrogens is 502 g/mol. The number of nitrogens with one attached hydrogen (secondary N) is 1. The van der Waals surface area contributed by atoms with Gasteiger partial charge in [0.1, 0.15) is 6.04 Å². The van der Waals surface area contributed by atoms with Crippen molar-refractivity contribution in [1.82, 2.24) is 14.5 Å². The van der Waals surface area contributed by atoms with E-state index < -0.39 is 16.1 Å². The first-order valence-corrected chi connectivity index (χ1v) is 15.5. The van der Waals surface area contributed by atoms with Crippen molar-refractivity contribution in [1.29, 1.82) is 0 Å². The fourth-order valence-electron chi connectivity index (χ4n) is 4.75. The van der Waals surface area contributed by atoms with Crippen molar-refractivity contribution in [3.63, 3.8) is 0 Å². The summed E-state index contributed by atoms with van der Waals surface area (Å²) in [5, 5.41) is 0. The molecule has 37 heavy (non-hydrogen) atoms. The lowest BCUT2D eigenvalue weighted by molar-refractivity contribution is -0.135. The molecule has 6 nitrogen and oxygen atoms in total. The maximum Gasteiger partial charge on any atom is 0.241 e. The minimum Gasteiger partial charge on any atom is -0.339 e. The van der Waals surface area contributed by atoms with Crippen LogP contribution in [0.3, 0.4) is 0 Å². The number of nitrogens with zero attached hydrogens (tertiary/aromatic N) is 2. The third-order valence-corrected chi connectivity index (χ3v) is 8.89. The number of carbonyl (C=O) groups is 1. The highest BCUT2D eigenvalue weighted by Gasteiger charge is 2.33. The van der Waals surface area contributed by atoms with Crippen molar-refractivity contribution < 1.29 is 13.2 Å². The summed E-state index contributed by atoms with van der Waals surface area (Å²) in [4.78, 5) is 18.0. The molecule has 0 aliphatic carbocycles. The summed E-state index contributed by atoms with van der Waals surface area (Å²) >= 11 is 1.60.